The van der Waals surface area contributed by atoms with E-state index in [2.05, 4.69) is 146 Å². The van der Waals surface area contributed by atoms with Crippen molar-refractivity contribution >= 4 is 45.1 Å². The first kappa shape index (κ1) is 31.2. The van der Waals surface area contributed by atoms with E-state index in [1.165, 1.54) is 88.2 Å². The number of nitrogens with zero attached hydrogens (tertiary/aromatic N) is 2. The highest BCUT2D eigenvalue weighted by atomic mass is 32.2. The Kier molecular flexibility index (Phi) is 8.48. The zero-order valence-electron chi connectivity index (χ0n) is 28.4. The Morgan fingerprint density at radius 2 is 1.44 bits per heavy atom. The van der Waals surface area contributed by atoms with Gasteiger partial charge in [-0.1, -0.05) is 89.8 Å². The first-order valence-electron chi connectivity index (χ1n) is 17.5. The van der Waals surface area contributed by atoms with Gasteiger partial charge in [-0.15, -0.1) is 0 Å². The molecule has 48 heavy (non-hydrogen) atoms. The van der Waals surface area contributed by atoms with Crippen molar-refractivity contribution in [2.75, 3.05) is 11.4 Å². The minimum atomic E-state index is 0.669. The molecule has 0 fully saturated rings. The van der Waals surface area contributed by atoms with Crippen LogP contribution in [0.4, 0.5) is 5.69 Å². The highest BCUT2D eigenvalue weighted by Gasteiger charge is 2.32. The van der Waals surface area contributed by atoms with Crippen molar-refractivity contribution in [2.45, 2.75) is 64.8 Å². The Labute approximate surface area is 293 Å². The van der Waals surface area contributed by atoms with Gasteiger partial charge < -0.3 is 4.90 Å². The second-order valence-corrected chi connectivity index (χ2v) is 15.4. The average molecular weight is 664 g/mol. The van der Waals surface area contributed by atoms with E-state index in [1.807, 2.05) is 23.1 Å². The monoisotopic (exact) mass is 663 g/mol. The summed E-state index contributed by atoms with van der Waals surface area (Å²) in [4.78, 5) is 3.86. The fourth-order valence-corrected chi connectivity index (χ4v) is 10.5. The summed E-state index contributed by atoms with van der Waals surface area (Å²) in [5.74, 6) is 0.669. The van der Waals surface area contributed by atoms with Gasteiger partial charge in [-0.05, 0) is 140 Å². The van der Waals surface area contributed by atoms with E-state index in [0.29, 0.717) is 5.92 Å². The van der Waals surface area contributed by atoms with Crippen molar-refractivity contribution in [2.24, 2.45) is 5.92 Å². The van der Waals surface area contributed by atoms with Gasteiger partial charge in [-0.3, -0.25) is 0 Å². The quantitative estimate of drug-likeness (QED) is 0.167. The van der Waals surface area contributed by atoms with Crippen LogP contribution >= 0.6 is 23.1 Å². The molecule has 2 heterocycles. The van der Waals surface area contributed by atoms with E-state index in [9.17, 15) is 0 Å². The minimum absolute atomic E-state index is 0.669. The van der Waals surface area contributed by atoms with E-state index in [4.69, 9.17) is 0 Å². The number of thiazole rings is 1. The van der Waals surface area contributed by atoms with Crippen LogP contribution in [0.3, 0.4) is 0 Å². The van der Waals surface area contributed by atoms with Gasteiger partial charge in [0, 0.05) is 23.6 Å². The van der Waals surface area contributed by atoms with Gasteiger partial charge in [0.25, 0.3) is 5.01 Å². The van der Waals surface area contributed by atoms with E-state index in [-0.39, 0.29) is 0 Å². The molecule has 1 atom stereocenters. The van der Waals surface area contributed by atoms with Crippen LogP contribution in [0.2, 0.25) is 0 Å². The van der Waals surface area contributed by atoms with Crippen LogP contribution < -0.4 is 9.47 Å². The number of allylic oxidation sites excluding steroid dienone is 6. The van der Waals surface area contributed by atoms with E-state index >= 15 is 0 Å². The molecule has 1 unspecified atom stereocenters. The van der Waals surface area contributed by atoms with Crippen LogP contribution in [-0.2, 0) is 6.54 Å². The van der Waals surface area contributed by atoms with Crippen LogP contribution in [-0.4, -0.2) is 6.54 Å². The predicted octanol–water partition coefficient (Wildman–Crippen LogP) is 12.2. The maximum atomic E-state index is 2.52. The lowest BCUT2D eigenvalue weighted by Gasteiger charge is -2.35. The standard InChI is InChI=1S/C44H43N2S2/c1-5-45-38-23-21-36(31-13-9-7-10-14-31)25-40(38)47-42(45)27-34-19-17-33-18-20-35(30(4)44(33)29(34)3)28-43-46(6-2)39-24-22-37(26-41(39)48-43)32-15-11-8-12-16-32/h7-16,21-28,33H,5-6,17-20H2,1-4H3/q+1. The van der Waals surface area contributed by atoms with Gasteiger partial charge in [0.1, 0.15) is 11.2 Å². The van der Waals surface area contributed by atoms with Gasteiger partial charge in [0.2, 0.25) is 5.52 Å². The van der Waals surface area contributed by atoms with Crippen LogP contribution in [0.1, 0.15) is 58.4 Å². The van der Waals surface area contributed by atoms with Gasteiger partial charge in [-0.25, -0.2) is 0 Å². The molecule has 2 nitrogen and oxygen atoms in total. The number of aryl methyl sites for hydroxylation is 1. The normalized spacial score (nSPS) is 19.5. The lowest BCUT2D eigenvalue weighted by molar-refractivity contribution is -0.665. The summed E-state index contributed by atoms with van der Waals surface area (Å²) >= 11 is 3.87. The highest BCUT2D eigenvalue weighted by molar-refractivity contribution is 8.03. The molecular weight excluding hydrogens is 621 g/mol. The molecular formula is C44H43N2S2+. The molecule has 8 rings (SSSR count). The van der Waals surface area contributed by atoms with E-state index in [0.717, 1.165) is 25.9 Å². The first-order valence-corrected chi connectivity index (χ1v) is 19.2. The summed E-state index contributed by atoms with van der Waals surface area (Å²) in [7, 11) is 0. The molecule has 0 saturated carbocycles. The summed E-state index contributed by atoms with van der Waals surface area (Å²) in [5, 5.41) is 2.72. The van der Waals surface area contributed by atoms with Crippen LogP contribution in [0, 0.1) is 5.92 Å². The third kappa shape index (κ3) is 5.59. The second kappa shape index (κ2) is 13.1. The predicted molar refractivity (Wildman–Crippen MR) is 207 cm³/mol. The van der Waals surface area contributed by atoms with Crippen molar-refractivity contribution in [3.63, 3.8) is 0 Å². The number of anilines is 1. The van der Waals surface area contributed by atoms with Crippen molar-refractivity contribution < 1.29 is 4.57 Å². The smallest absolute Gasteiger partial charge is 0.263 e. The fourth-order valence-electron chi connectivity index (χ4n) is 8.06. The fraction of sp³-hybridized carbons (Fsp3) is 0.250. The molecule has 4 aromatic carbocycles. The number of thioether (sulfide) groups is 1. The molecule has 0 N–H and O–H groups in total. The largest absolute Gasteiger partial charge is 0.335 e. The van der Waals surface area contributed by atoms with Gasteiger partial charge >= 0.3 is 0 Å². The van der Waals surface area contributed by atoms with Crippen LogP contribution in [0.5, 0.6) is 0 Å². The number of hydrogen-bond acceptors (Lipinski definition) is 3. The van der Waals surface area contributed by atoms with Crippen molar-refractivity contribution in [1.29, 1.82) is 0 Å². The topological polar surface area (TPSA) is 7.12 Å². The van der Waals surface area contributed by atoms with Crippen molar-refractivity contribution in [3.05, 3.63) is 141 Å². The van der Waals surface area contributed by atoms with E-state index in [1.54, 1.807) is 5.57 Å². The Morgan fingerprint density at radius 3 is 2.15 bits per heavy atom. The third-order valence-corrected chi connectivity index (χ3v) is 12.8. The summed E-state index contributed by atoms with van der Waals surface area (Å²) in [5.41, 5.74) is 15.4. The zero-order valence-corrected chi connectivity index (χ0v) is 30.1. The molecule has 0 radical (unpaired) electrons. The Balaban J connectivity index is 1.13. The average Bonchev–Trinajstić information content (AvgIpc) is 3.66. The molecule has 0 bridgehead atoms. The molecule has 3 aliphatic rings. The Morgan fingerprint density at radius 1 is 0.750 bits per heavy atom. The summed E-state index contributed by atoms with van der Waals surface area (Å²) in [6.45, 7) is 11.3. The van der Waals surface area contributed by atoms with Gasteiger partial charge in [0.05, 0.1) is 10.7 Å². The molecule has 0 spiro atoms. The lowest BCUT2D eigenvalue weighted by atomic mass is 9.70. The van der Waals surface area contributed by atoms with Gasteiger partial charge in [0.15, 0.2) is 0 Å². The summed E-state index contributed by atoms with van der Waals surface area (Å²) in [6, 6.07) is 35.4. The molecule has 0 amide bonds. The molecule has 4 heteroatoms. The summed E-state index contributed by atoms with van der Waals surface area (Å²) in [6.07, 6.45) is 9.85. The van der Waals surface area contributed by atoms with Crippen molar-refractivity contribution in [3.8, 4) is 22.3 Å². The maximum Gasteiger partial charge on any atom is 0.263 e. The number of aromatic nitrogens is 1. The lowest BCUT2D eigenvalue weighted by Crippen LogP contribution is -2.33. The highest BCUT2D eigenvalue weighted by Crippen LogP contribution is 2.50. The number of hydrogen-bond donors (Lipinski definition) is 0. The number of benzene rings is 4. The SMILES string of the molecule is CCN1C(=CC2=C(C)C3=C(C)C(=Cc4sc5cc(-c6ccccc6)ccc5[n+]4CC)CCC3CC2)Sc2cc(-c3ccccc3)ccc21. The third-order valence-electron chi connectivity index (χ3n) is 10.6. The van der Waals surface area contributed by atoms with Crippen LogP contribution in [0.25, 0.3) is 38.5 Å². The molecule has 240 valence electrons. The molecule has 2 aliphatic carbocycles. The van der Waals surface area contributed by atoms with Crippen molar-refractivity contribution in [1.82, 2.24) is 0 Å². The van der Waals surface area contributed by atoms with Crippen LogP contribution in [0.15, 0.2) is 141 Å². The molecule has 5 aromatic rings. The Hall–Kier alpha value is -4.12. The zero-order chi connectivity index (χ0) is 32.8. The second-order valence-electron chi connectivity index (χ2n) is 13.2. The maximum absolute atomic E-state index is 2.52. The first-order chi connectivity index (χ1) is 23.5. The molecule has 1 aliphatic heterocycles. The van der Waals surface area contributed by atoms with Gasteiger partial charge in [-0.2, -0.15) is 4.57 Å². The number of rotatable bonds is 6. The molecule has 1 aromatic heterocycles. The minimum Gasteiger partial charge on any atom is -0.335 e. The number of fused-ring (bicyclic) bond motifs is 3. The Bertz CT molecular complexity index is 2150. The van der Waals surface area contributed by atoms with E-state index < -0.39 is 0 Å². The molecule has 0 saturated heterocycles. The summed E-state index contributed by atoms with van der Waals surface area (Å²) < 4.78 is 3.86.